The lowest BCUT2D eigenvalue weighted by Crippen LogP contribution is -2.27. The fraction of sp³-hybridized carbons (Fsp3) is 0.857. The van der Waals surface area contributed by atoms with E-state index in [0.29, 0.717) is 5.78 Å². The van der Waals surface area contributed by atoms with E-state index in [2.05, 4.69) is 6.58 Å². The van der Waals surface area contributed by atoms with Gasteiger partial charge in [0.1, 0.15) is 5.78 Å². The summed E-state index contributed by atoms with van der Waals surface area (Å²) in [4.78, 5) is 11.1. The van der Waals surface area contributed by atoms with Gasteiger partial charge in [-0.3, -0.25) is 4.79 Å². The molecule has 4 rings (SSSR count). The van der Waals surface area contributed by atoms with Gasteiger partial charge in [0.15, 0.2) is 0 Å². The quantitative estimate of drug-likeness (QED) is 0.496. The van der Waals surface area contributed by atoms with Crippen molar-refractivity contribution in [2.24, 2.45) is 23.7 Å². The van der Waals surface area contributed by atoms with Crippen LogP contribution in [0.3, 0.4) is 0 Å². The van der Waals surface area contributed by atoms with Crippen LogP contribution in [-0.2, 0) is 4.79 Å². The number of fused-ring (bicyclic) bond motifs is 2. The molecule has 4 aliphatic carbocycles. The Balaban J connectivity index is 0.000000131. The molecule has 22 heavy (non-hydrogen) atoms. The molecule has 0 saturated heterocycles. The van der Waals surface area contributed by atoms with E-state index in [-0.39, 0.29) is 0 Å². The van der Waals surface area contributed by atoms with Crippen molar-refractivity contribution in [3.8, 4) is 0 Å². The standard InChI is InChI=1S/C11H18.C10H16O/c1-9-6-7-10-4-2-3-5-11(10)8-9;11-10-6-5-8-3-1-2-4-9(8)7-10/h10-11H,1-8H2;8-9H,1-7H2. The molecule has 0 N–H and O–H groups in total. The number of allylic oxidation sites excluding steroid dienone is 1. The largest absolute Gasteiger partial charge is 0.300 e. The molecule has 0 amide bonds. The summed E-state index contributed by atoms with van der Waals surface area (Å²) in [5.74, 6) is 4.33. The highest BCUT2D eigenvalue weighted by atomic mass is 16.1. The predicted octanol–water partition coefficient (Wildman–Crippen LogP) is 6.08. The number of rotatable bonds is 0. The van der Waals surface area contributed by atoms with Crippen molar-refractivity contribution < 1.29 is 4.79 Å². The molecular formula is C21H34O. The Kier molecular flexibility index (Phi) is 5.77. The van der Waals surface area contributed by atoms with Crippen LogP contribution in [0.15, 0.2) is 12.2 Å². The fourth-order valence-corrected chi connectivity index (χ4v) is 5.47. The minimum atomic E-state index is 0.521. The zero-order valence-corrected chi connectivity index (χ0v) is 14.3. The molecule has 4 saturated carbocycles. The number of hydrogen-bond acceptors (Lipinski definition) is 1. The second-order valence-corrected chi connectivity index (χ2v) is 8.38. The molecule has 124 valence electrons. The first-order chi connectivity index (χ1) is 10.7. The molecule has 0 aromatic carbocycles. The third-order valence-electron chi connectivity index (χ3n) is 6.84. The van der Waals surface area contributed by atoms with Crippen molar-refractivity contribution in [2.75, 3.05) is 0 Å². The van der Waals surface area contributed by atoms with Crippen LogP contribution in [0.5, 0.6) is 0 Å². The lowest BCUT2D eigenvalue weighted by Gasteiger charge is -2.36. The van der Waals surface area contributed by atoms with Crippen molar-refractivity contribution in [3.05, 3.63) is 12.2 Å². The van der Waals surface area contributed by atoms with E-state index >= 15 is 0 Å². The summed E-state index contributed by atoms with van der Waals surface area (Å²) in [6, 6.07) is 0. The van der Waals surface area contributed by atoms with Crippen LogP contribution in [0.4, 0.5) is 0 Å². The molecule has 0 bridgehead atoms. The van der Waals surface area contributed by atoms with Crippen LogP contribution in [0.2, 0.25) is 0 Å². The van der Waals surface area contributed by atoms with E-state index in [1.54, 1.807) is 0 Å². The van der Waals surface area contributed by atoms with Gasteiger partial charge in [0.05, 0.1) is 0 Å². The van der Waals surface area contributed by atoms with Crippen LogP contribution in [-0.4, -0.2) is 5.78 Å². The lowest BCUT2D eigenvalue weighted by molar-refractivity contribution is -0.123. The summed E-state index contributed by atoms with van der Waals surface area (Å²) in [6.45, 7) is 4.11. The van der Waals surface area contributed by atoms with Crippen molar-refractivity contribution in [1.29, 1.82) is 0 Å². The van der Waals surface area contributed by atoms with Crippen LogP contribution in [0.25, 0.3) is 0 Å². The van der Waals surface area contributed by atoms with Gasteiger partial charge in [-0.05, 0) is 62.2 Å². The van der Waals surface area contributed by atoms with Crippen LogP contribution >= 0.6 is 0 Å². The Labute approximate surface area is 136 Å². The lowest BCUT2D eigenvalue weighted by atomic mass is 9.70. The van der Waals surface area contributed by atoms with Gasteiger partial charge in [0.2, 0.25) is 0 Å². The monoisotopic (exact) mass is 302 g/mol. The molecular weight excluding hydrogens is 268 g/mol. The molecule has 4 aliphatic rings. The number of hydrogen-bond donors (Lipinski definition) is 0. The molecule has 4 unspecified atom stereocenters. The minimum absolute atomic E-state index is 0.521. The highest BCUT2D eigenvalue weighted by Gasteiger charge is 2.31. The molecule has 1 nitrogen and oxygen atoms in total. The molecule has 0 radical (unpaired) electrons. The normalized spacial score (nSPS) is 38.4. The van der Waals surface area contributed by atoms with Gasteiger partial charge in [-0.25, -0.2) is 0 Å². The Morgan fingerprint density at radius 1 is 0.636 bits per heavy atom. The summed E-state index contributed by atoms with van der Waals surface area (Å²) in [7, 11) is 0. The number of carbonyl (C=O) groups excluding carboxylic acids is 1. The molecule has 0 aliphatic heterocycles. The van der Waals surface area contributed by atoms with Crippen molar-refractivity contribution in [1.82, 2.24) is 0 Å². The van der Waals surface area contributed by atoms with Crippen molar-refractivity contribution in [2.45, 2.75) is 89.9 Å². The zero-order chi connectivity index (χ0) is 15.4. The summed E-state index contributed by atoms with van der Waals surface area (Å²) in [5, 5.41) is 0. The second-order valence-electron chi connectivity index (χ2n) is 8.38. The van der Waals surface area contributed by atoms with E-state index in [1.807, 2.05) is 0 Å². The Morgan fingerprint density at radius 2 is 1.14 bits per heavy atom. The molecule has 1 heteroatoms. The van der Waals surface area contributed by atoms with Crippen LogP contribution in [0, 0.1) is 23.7 Å². The highest BCUT2D eigenvalue weighted by molar-refractivity contribution is 5.79. The third-order valence-corrected chi connectivity index (χ3v) is 6.84. The summed E-state index contributed by atoms with van der Waals surface area (Å²) < 4.78 is 0. The average Bonchev–Trinajstić information content (AvgIpc) is 2.55. The van der Waals surface area contributed by atoms with Gasteiger partial charge in [0, 0.05) is 12.8 Å². The molecule has 0 spiro atoms. The first-order valence-corrected chi connectivity index (χ1v) is 9.90. The highest BCUT2D eigenvalue weighted by Crippen LogP contribution is 2.41. The van der Waals surface area contributed by atoms with Crippen LogP contribution in [0.1, 0.15) is 89.9 Å². The maximum absolute atomic E-state index is 11.1. The van der Waals surface area contributed by atoms with Crippen LogP contribution < -0.4 is 0 Å². The van der Waals surface area contributed by atoms with Crippen molar-refractivity contribution >= 4 is 5.78 Å². The Bertz CT molecular complexity index is 359. The summed E-state index contributed by atoms with van der Waals surface area (Å²) in [5.41, 5.74) is 1.52. The zero-order valence-electron chi connectivity index (χ0n) is 14.3. The average molecular weight is 303 g/mol. The molecule has 0 aromatic rings. The fourth-order valence-electron chi connectivity index (χ4n) is 5.47. The first kappa shape index (κ1) is 16.3. The maximum Gasteiger partial charge on any atom is 0.133 e. The van der Waals surface area contributed by atoms with Gasteiger partial charge >= 0.3 is 0 Å². The van der Waals surface area contributed by atoms with Gasteiger partial charge in [-0.15, -0.1) is 0 Å². The van der Waals surface area contributed by atoms with E-state index < -0.39 is 0 Å². The number of Topliss-reactive ketones (excluding diaryl/α,β-unsaturated/α-hetero) is 1. The molecule has 4 fully saturated rings. The first-order valence-electron chi connectivity index (χ1n) is 9.90. The SMILES string of the molecule is C=C1CCC2CCCCC2C1.O=C1CCC2CCCCC2C1. The van der Waals surface area contributed by atoms with Gasteiger partial charge < -0.3 is 0 Å². The predicted molar refractivity (Wildman–Crippen MR) is 92.7 cm³/mol. The number of carbonyl (C=O) groups is 1. The van der Waals surface area contributed by atoms with Gasteiger partial charge in [-0.1, -0.05) is 50.7 Å². The molecule has 0 aromatic heterocycles. The Morgan fingerprint density at radius 3 is 1.77 bits per heavy atom. The minimum Gasteiger partial charge on any atom is -0.300 e. The van der Waals surface area contributed by atoms with Gasteiger partial charge in [0.25, 0.3) is 0 Å². The molecule has 4 atom stereocenters. The number of ketones is 1. The second kappa shape index (κ2) is 7.79. The van der Waals surface area contributed by atoms with E-state index in [4.69, 9.17) is 0 Å². The van der Waals surface area contributed by atoms with E-state index in [9.17, 15) is 4.79 Å². The van der Waals surface area contributed by atoms with Crippen molar-refractivity contribution in [3.63, 3.8) is 0 Å². The van der Waals surface area contributed by atoms with E-state index in [0.717, 1.165) is 36.5 Å². The summed E-state index contributed by atoms with van der Waals surface area (Å²) >= 11 is 0. The third kappa shape index (κ3) is 4.24. The maximum atomic E-state index is 11.1. The topological polar surface area (TPSA) is 17.1 Å². The smallest absolute Gasteiger partial charge is 0.133 e. The van der Waals surface area contributed by atoms with Gasteiger partial charge in [-0.2, -0.15) is 0 Å². The Hall–Kier alpha value is -0.590. The van der Waals surface area contributed by atoms with E-state index in [1.165, 1.54) is 82.6 Å². The summed E-state index contributed by atoms with van der Waals surface area (Å²) in [6.07, 6.45) is 18.6. The molecule has 0 heterocycles.